The molecule has 0 aromatic carbocycles. The SMILES string of the molecule is Nc1cnc(CN2CC3CCCC3C2)cn1. The first kappa shape index (κ1) is 10.0. The second-order valence-corrected chi connectivity index (χ2v) is 5.08. The summed E-state index contributed by atoms with van der Waals surface area (Å²) in [6, 6.07) is 0. The first-order valence-corrected chi connectivity index (χ1v) is 6.10. The van der Waals surface area contributed by atoms with E-state index in [9.17, 15) is 0 Å². The zero-order chi connectivity index (χ0) is 11.0. The van der Waals surface area contributed by atoms with Gasteiger partial charge in [-0.3, -0.25) is 9.88 Å². The van der Waals surface area contributed by atoms with Gasteiger partial charge in [-0.1, -0.05) is 6.42 Å². The topological polar surface area (TPSA) is 55.0 Å². The van der Waals surface area contributed by atoms with Crippen molar-refractivity contribution in [3.05, 3.63) is 18.1 Å². The molecule has 3 rings (SSSR count). The van der Waals surface area contributed by atoms with Gasteiger partial charge in [0, 0.05) is 19.6 Å². The Morgan fingerprint density at radius 3 is 2.56 bits per heavy atom. The fraction of sp³-hybridized carbons (Fsp3) is 0.667. The van der Waals surface area contributed by atoms with Crippen molar-refractivity contribution in [3.63, 3.8) is 0 Å². The number of aromatic nitrogens is 2. The molecule has 2 fully saturated rings. The third-order valence-electron chi connectivity index (χ3n) is 3.91. The van der Waals surface area contributed by atoms with E-state index in [1.807, 2.05) is 0 Å². The molecule has 1 aliphatic heterocycles. The Hall–Kier alpha value is -1.16. The fourth-order valence-electron chi connectivity index (χ4n) is 3.14. The van der Waals surface area contributed by atoms with E-state index in [4.69, 9.17) is 5.73 Å². The van der Waals surface area contributed by atoms with E-state index in [0.29, 0.717) is 5.82 Å². The van der Waals surface area contributed by atoms with Crippen LogP contribution in [0.1, 0.15) is 25.0 Å². The Bertz CT molecular complexity index is 350. The molecule has 2 unspecified atom stereocenters. The van der Waals surface area contributed by atoms with Crippen molar-refractivity contribution in [2.45, 2.75) is 25.8 Å². The van der Waals surface area contributed by atoms with E-state index in [2.05, 4.69) is 14.9 Å². The molecule has 16 heavy (non-hydrogen) atoms. The summed E-state index contributed by atoms with van der Waals surface area (Å²) in [5, 5.41) is 0. The minimum atomic E-state index is 0.502. The van der Waals surface area contributed by atoms with Crippen molar-refractivity contribution in [2.24, 2.45) is 11.8 Å². The predicted octanol–water partition coefficient (Wildman–Crippen LogP) is 1.29. The number of nitrogens with zero attached hydrogens (tertiary/aromatic N) is 3. The molecule has 0 amide bonds. The van der Waals surface area contributed by atoms with Gasteiger partial charge >= 0.3 is 0 Å². The molecule has 0 bridgehead atoms. The number of anilines is 1. The van der Waals surface area contributed by atoms with Crippen LogP contribution in [-0.4, -0.2) is 28.0 Å². The first-order chi connectivity index (χ1) is 7.81. The number of nitrogens with two attached hydrogens (primary N) is 1. The Morgan fingerprint density at radius 1 is 1.19 bits per heavy atom. The predicted molar refractivity (Wildman–Crippen MR) is 62.6 cm³/mol. The molecule has 0 spiro atoms. The first-order valence-electron chi connectivity index (χ1n) is 6.10. The van der Waals surface area contributed by atoms with Crippen LogP contribution in [0.3, 0.4) is 0 Å². The van der Waals surface area contributed by atoms with Gasteiger partial charge in [0.25, 0.3) is 0 Å². The van der Waals surface area contributed by atoms with E-state index < -0.39 is 0 Å². The van der Waals surface area contributed by atoms with Crippen LogP contribution >= 0.6 is 0 Å². The minimum absolute atomic E-state index is 0.502. The van der Waals surface area contributed by atoms with Crippen molar-refractivity contribution >= 4 is 5.82 Å². The van der Waals surface area contributed by atoms with Gasteiger partial charge in [-0.15, -0.1) is 0 Å². The van der Waals surface area contributed by atoms with Crippen LogP contribution in [0.5, 0.6) is 0 Å². The third kappa shape index (κ3) is 1.89. The van der Waals surface area contributed by atoms with Gasteiger partial charge in [0.1, 0.15) is 5.82 Å². The number of hydrogen-bond donors (Lipinski definition) is 1. The molecule has 4 nitrogen and oxygen atoms in total. The maximum absolute atomic E-state index is 5.52. The molecular weight excluding hydrogens is 200 g/mol. The number of fused-ring (bicyclic) bond motifs is 1. The molecule has 2 atom stereocenters. The van der Waals surface area contributed by atoms with E-state index in [1.54, 1.807) is 12.4 Å². The van der Waals surface area contributed by atoms with E-state index in [1.165, 1.54) is 32.4 Å². The van der Waals surface area contributed by atoms with Crippen molar-refractivity contribution < 1.29 is 0 Å². The number of hydrogen-bond acceptors (Lipinski definition) is 4. The van der Waals surface area contributed by atoms with Crippen LogP contribution in [0.25, 0.3) is 0 Å². The summed E-state index contributed by atoms with van der Waals surface area (Å²) in [6.07, 6.45) is 7.73. The zero-order valence-electron chi connectivity index (χ0n) is 9.47. The second kappa shape index (κ2) is 4.01. The molecule has 1 aliphatic carbocycles. The summed E-state index contributed by atoms with van der Waals surface area (Å²) in [5.74, 6) is 2.39. The summed E-state index contributed by atoms with van der Waals surface area (Å²) in [6.45, 7) is 3.42. The summed E-state index contributed by atoms with van der Waals surface area (Å²) < 4.78 is 0. The number of likely N-dealkylation sites (tertiary alicyclic amines) is 1. The fourth-order valence-corrected chi connectivity index (χ4v) is 3.14. The van der Waals surface area contributed by atoms with Gasteiger partial charge < -0.3 is 5.73 Å². The number of nitrogen functional groups attached to an aromatic ring is 1. The molecule has 1 aromatic rings. The summed E-state index contributed by atoms with van der Waals surface area (Å²) >= 11 is 0. The van der Waals surface area contributed by atoms with E-state index in [0.717, 1.165) is 24.1 Å². The lowest BCUT2D eigenvalue weighted by Crippen LogP contribution is -2.21. The van der Waals surface area contributed by atoms with Crippen molar-refractivity contribution in [1.29, 1.82) is 0 Å². The molecular formula is C12H18N4. The summed E-state index contributed by atoms with van der Waals surface area (Å²) in [4.78, 5) is 10.9. The van der Waals surface area contributed by atoms with Crippen molar-refractivity contribution in [2.75, 3.05) is 18.8 Å². The van der Waals surface area contributed by atoms with Crippen LogP contribution in [0, 0.1) is 11.8 Å². The van der Waals surface area contributed by atoms with Crippen molar-refractivity contribution in [3.8, 4) is 0 Å². The highest BCUT2D eigenvalue weighted by Crippen LogP contribution is 2.37. The Kier molecular flexibility index (Phi) is 2.52. The van der Waals surface area contributed by atoms with E-state index >= 15 is 0 Å². The van der Waals surface area contributed by atoms with Crippen LogP contribution in [0.4, 0.5) is 5.82 Å². The second-order valence-electron chi connectivity index (χ2n) is 5.08. The lowest BCUT2D eigenvalue weighted by molar-refractivity contribution is 0.299. The van der Waals surface area contributed by atoms with Gasteiger partial charge in [-0.2, -0.15) is 0 Å². The zero-order valence-corrected chi connectivity index (χ0v) is 9.47. The van der Waals surface area contributed by atoms with Gasteiger partial charge in [0.15, 0.2) is 0 Å². The standard InChI is InChI=1S/C12H18N4/c13-12-5-14-11(4-15-12)8-16-6-9-2-1-3-10(9)7-16/h4-5,9-10H,1-3,6-8H2,(H2,13,15). The molecule has 1 aromatic heterocycles. The van der Waals surface area contributed by atoms with Gasteiger partial charge in [0.2, 0.25) is 0 Å². The molecule has 2 N–H and O–H groups in total. The van der Waals surface area contributed by atoms with Crippen LogP contribution < -0.4 is 5.73 Å². The molecule has 86 valence electrons. The summed E-state index contributed by atoms with van der Waals surface area (Å²) in [7, 11) is 0. The highest BCUT2D eigenvalue weighted by atomic mass is 15.2. The third-order valence-corrected chi connectivity index (χ3v) is 3.91. The average Bonchev–Trinajstić information content (AvgIpc) is 2.81. The normalized spacial score (nSPS) is 29.5. The lowest BCUT2D eigenvalue weighted by Gasteiger charge is -2.15. The molecule has 1 saturated heterocycles. The molecule has 2 aliphatic rings. The minimum Gasteiger partial charge on any atom is -0.382 e. The van der Waals surface area contributed by atoms with Gasteiger partial charge in [-0.05, 0) is 24.7 Å². The number of rotatable bonds is 2. The monoisotopic (exact) mass is 218 g/mol. The largest absolute Gasteiger partial charge is 0.382 e. The van der Waals surface area contributed by atoms with Crippen LogP contribution in [0.15, 0.2) is 12.4 Å². The highest BCUT2D eigenvalue weighted by Gasteiger charge is 2.35. The van der Waals surface area contributed by atoms with Crippen LogP contribution in [-0.2, 0) is 6.54 Å². The molecule has 0 radical (unpaired) electrons. The average molecular weight is 218 g/mol. The Labute approximate surface area is 95.9 Å². The highest BCUT2D eigenvalue weighted by molar-refractivity contribution is 5.22. The van der Waals surface area contributed by atoms with Crippen molar-refractivity contribution in [1.82, 2.24) is 14.9 Å². The molecule has 2 heterocycles. The maximum atomic E-state index is 5.52. The summed E-state index contributed by atoms with van der Waals surface area (Å²) in [5.41, 5.74) is 6.56. The van der Waals surface area contributed by atoms with Gasteiger partial charge in [-0.25, -0.2) is 4.98 Å². The molecule has 1 saturated carbocycles. The lowest BCUT2D eigenvalue weighted by atomic mass is 10.0. The van der Waals surface area contributed by atoms with Gasteiger partial charge in [0.05, 0.1) is 18.1 Å². The Morgan fingerprint density at radius 2 is 1.94 bits per heavy atom. The smallest absolute Gasteiger partial charge is 0.141 e. The van der Waals surface area contributed by atoms with E-state index in [-0.39, 0.29) is 0 Å². The Balaban J connectivity index is 1.62. The van der Waals surface area contributed by atoms with Crippen LogP contribution in [0.2, 0.25) is 0 Å². The molecule has 4 heteroatoms. The quantitative estimate of drug-likeness (QED) is 0.812. The maximum Gasteiger partial charge on any atom is 0.141 e.